The molecule has 2 N–H and O–H groups in total. The van der Waals surface area contributed by atoms with Gasteiger partial charge in [-0.3, -0.25) is 4.79 Å². The van der Waals surface area contributed by atoms with Crippen molar-refractivity contribution in [2.75, 3.05) is 11.9 Å². The van der Waals surface area contributed by atoms with Crippen LogP contribution in [0, 0.1) is 5.82 Å². The van der Waals surface area contributed by atoms with Crippen molar-refractivity contribution >= 4 is 11.6 Å². The summed E-state index contributed by atoms with van der Waals surface area (Å²) in [5.74, 6) is -0.650. The van der Waals surface area contributed by atoms with E-state index in [0.29, 0.717) is 0 Å². The molecular weight excluding hydrogens is 231 g/mol. The number of benzene rings is 1. The highest BCUT2D eigenvalue weighted by atomic mass is 19.1. The summed E-state index contributed by atoms with van der Waals surface area (Å²) in [6, 6.07) is 6.15. The zero-order valence-corrected chi connectivity index (χ0v) is 11.2. The molecule has 0 radical (unpaired) electrons. The molecule has 0 atom stereocenters. The largest absolute Gasteiger partial charge is 0.322 e. The number of carbonyl (C=O) groups excluding carboxylic acids is 1. The topological polar surface area (TPSA) is 41.1 Å². The fourth-order valence-electron chi connectivity index (χ4n) is 1.79. The van der Waals surface area contributed by atoms with Crippen molar-refractivity contribution in [3.8, 4) is 0 Å². The first kappa shape index (κ1) is 14.6. The Morgan fingerprint density at radius 2 is 2.00 bits per heavy atom. The summed E-state index contributed by atoms with van der Waals surface area (Å²) in [6.45, 7) is 6.38. The summed E-state index contributed by atoms with van der Waals surface area (Å²) in [5, 5.41) is 5.71. The zero-order chi connectivity index (χ0) is 13.6. The monoisotopic (exact) mass is 252 g/mol. The highest BCUT2D eigenvalue weighted by Crippen LogP contribution is 2.13. The smallest absolute Gasteiger partial charge is 0.238 e. The first-order valence-corrected chi connectivity index (χ1v) is 6.24. The standard InChI is InChI=1S/C14H21FN2O/c1-4-9-14(2,3)16-10-13(18)17-12-8-6-5-7-11(12)15/h5-8,16H,4,9-10H2,1-3H3,(H,17,18). The Balaban J connectivity index is 2.46. The lowest BCUT2D eigenvalue weighted by atomic mass is 9.99. The molecule has 1 aromatic carbocycles. The number of amides is 1. The Morgan fingerprint density at radius 3 is 2.61 bits per heavy atom. The molecular formula is C14H21FN2O. The molecule has 4 heteroatoms. The molecule has 1 amide bonds. The van der Waals surface area contributed by atoms with E-state index in [9.17, 15) is 9.18 Å². The SMILES string of the molecule is CCCC(C)(C)NCC(=O)Nc1ccccc1F. The third-order valence-electron chi connectivity index (χ3n) is 2.75. The minimum absolute atomic E-state index is 0.0820. The maximum absolute atomic E-state index is 13.3. The number of hydrogen-bond acceptors (Lipinski definition) is 2. The van der Waals surface area contributed by atoms with Gasteiger partial charge in [-0.25, -0.2) is 4.39 Å². The number of carbonyl (C=O) groups is 1. The van der Waals surface area contributed by atoms with Gasteiger partial charge in [0.25, 0.3) is 0 Å². The molecule has 0 aromatic heterocycles. The Kier molecular flexibility index (Phi) is 5.28. The van der Waals surface area contributed by atoms with Crippen LogP contribution >= 0.6 is 0 Å². The number of para-hydroxylation sites is 1. The first-order chi connectivity index (χ1) is 8.44. The van der Waals surface area contributed by atoms with Crippen molar-refractivity contribution in [2.45, 2.75) is 39.2 Å². The molecule has 0 aliphatic heterocycles. The van der Waals surface area contributed by atoms with Gasteiger partial charge < -0.3 is 10.6 Å². The minimum Gasteiger partial charge on any atom is -0.322 e. The summed E-state index contributed by atoms with van der Waals surface area (Å²) in [4.78, 5) is 11.7. The third kappa shape index (κ3) is 4.84. The van der Waals surface area contributed by atoms with Crippen molar-refractivity contribution in [3.63, 3.8) is 0 Å². The average molecular weight is 252 g/mol. The van der Waals surface area contributed by atoms with Gasteiger partial charge in [0.1, 0.15) is 5.82 Å². The fraction of sp³-hybridized carbons (Fsp3) is 0.500. The Hall–Kier alpha value is -1.42. The summed E-state index contributed by atoms with van der Waals surface area (Å²) >= 11 is 0. The number of halogens is 1. The van der Waals surface area contributed by atoms with Crippen LogP contribution in [0.2, 0.25) is 0 Å². The number of nitrogens with one attached hydrogen (secondary N) is 2. The van der Waals surface area contributed by atoms with Crippen LogP contribution in [0.1, 0.15) is 33.6 Å². The Morgan fingerprint density at radius 1 is 1.33 bits per heavy atom. The third-order valence-corrected chi connectivity index (χ3v) is 2.75. The van der Waals surface area contributed by atoms with Crippen molar-refractivity contribution in [1.82, 2.24) is 5.32 Å². The van der Waals surface area contributed by atoms with Gasteiger partial charge in [0, 0.05) is 5.54 Å². The van der Waals surface area contributed by atoms with E-state index in [1.807, 2.05) is 13.8 Å². The molecule has 100 valence electrons. The summed E-state index contributed by atoms with van der Waals surface area (Å²) < 4.78 is 13.3. The van der Waals surface area contributed by atoms with Gasteiger partial charge in [0.2, 0.25) is 5.91 Å². The molecule has 1 aromatic rings. The second-order valence-corrected chi connectivity index (χ2v) is 5.02. The molecule has 0 saturated carbocycles. The van der Waals surface area contributed by atoms with E-state index in [2.05, 4.69) is 17.6 Å². The van der Waals surface area contributed by atoms with E-state index in [4.69, 9.17) is 0 Å². The highest BCUT2D eigenvalue weighted by molar-refractivity contribution is 5.92. The molecule has 0 heterocycles. The van der Waals surface area contributed by atoms with E-state index in [1.54, 1.807) is 18.2 Å². The molecule has 0 unspecified atom stereocenters. The van der Waals surface area contributed by atoms with Crippen LogP contribution in [0.15, 0.2) is 24.3 Å². The number of hydrogen-bond donors (Lipinski definition) is 2. The lowest BCUT2D eigenvalue weighted by Gasteiger charge is -2.25. The van der Waals surface area contributed by atoms with Crippen molar-refractivity contribution in [2.24, 2.45) is 0 Å². The van der Waals surface area contributed by atoms with E-state index in [1.165, 1.54) is 6.07 Å². The number of anilines is 1. The molecule has 0 bridgehead atoms. The van der Waals surface area contributed by atoms with Crippen LogP contribution in [0.3, 0.4) is 0 Å². The second-order valence-electron chi connectivity index (χ2n) is 5.02. The Bertz CT molecular complexity index is 405. The second kappa shape index (κ2) is 6.50. The molecule has 0 spiro atoms. The van der Waals surface area contributed by atoms with Crippen LogP contribution in [0.5, 0.6) is 0 Å². The molecule has 0 fully saturated rings. The molecule has 0 aliphatic carbocycles. The maximum Gasteiger partial charge on any atom is 0.238 e. The van der Waals surface area contributed by atoms with Gasteiger partial charge in [-0.05, 0) is 32.4 Å². The van der Waals surface area contributed by atoms with Gasteiger partial charge in [0.05, 0.1) is 12.2 Å². The van der Waals surface area contributed by atoms with Gasteiger partial charge in [-0.2, -0.15) is 0 Å². The van der Waals surface area contributed by atoms with Crippen LogP contribution in [0.4, 0.5) is 10.1 Å². The fourth-order valence-corrected chi connectivity index (χ4v) is 1.79. The van der Waals surface area contributed by atoms with Crippen molar-refractivity contribution in [1.29, 1.82) is 0 Å². The first-order valence-electron chi connectivity index (χ1n) is 6.24. The lowest BCUT2D eigenvalue weighted by molar-refractivity contribution is -0.115. The van der Waals surface area contributed by atoms with Gasteiger partial charge in [-0.15, -0.1) is 0 Å². The normalized spacial score (nSPS) is 11.3. The quantitative estimate of drug-likeness (QED) is 0.817. The molecule has 18 heavy (non-hydrogen) atoms. The van der Waals surface area contributed by atoms with Crippen molar-refractivity contribution < 1.29 is 9.18 Å². The average Bonchev–Trinajstić information content (AvgIpc) is 2.30. The van der Waals surface area contributed by atoms with Crippen molar-refractivity contribution in [3.05, 3.63) is 30.1 Å². The van der Waals surface area contributed by atoms with Crippen LogP contribution in [-0.4, -0.2) is 18.0 Å². The van der Waals surface area contributed by atoms with Gasteiger partial charge in [0.15, 0.2) is 0 Å². The predicted molar refractivity (Wildman–Crippen MR) is 72.0 cm³/mol. The minimum atomic E-state index is -0.418. The highest BCUT2D eigenvalue weighted by Gasteiger charge is 2.17. The van der Waals surface area contributed by atoms with Crippen LogP contribution < -0.4 is 10.6 Å². The molecule has 1 rings (SSSR count). The summed E-state index contributed by atoms with van der Waals surface area (Å²) in [6.07, 6.45) is 2.04. The zero-order valence-electron chi connectivity index (χ0n) is 11.2. The van der Waals surface area contributed by atoms with E-state index in [-0.39, 0.29) is 23.7 Å². The molecule has 0 aliphatic rings. The summed E-state index contributed by atoms with van der Waals surface area (Å²) in [5.41, 5.74) is 0.138. The summed E-state index contributed by atoms with van der Waals surface area (Å²) in [7, 11) is 0. The van der Waals surface area contributed by atoms with Crippen LogP contribution in [0.25, 0.3) is 0 Å². The van der Waals surface area contributed by atoms with Gasteiger partial charge in [-0.1, -0.05) is 25.5 Å². The van der Waals surface area contributed by atoms with Gasteiger partial charge >= 0.3 is 0 Å². The maximum atomic E-state index is 13.3. The van der Waals surface area contributed by atoms with E-state index >= 15 is 0 Å². The predicted octanol–water partition coefficient (Wildman–Crippen LogP) is 2.93. The number of rotatable bonds is 6. The lowest BCUT2D eigenvalue weighted by Crippen LogP contribution is -2.43. The molecule has 3 nitrogen and oxygen atoms in total. The van der Waals surface area contributed by atoms with Crippen LogP contribution in [-0.2, 0) is 4.79 Å². The van der Waals surface area contributed by atoms with E-state index < -0.39 is 5.82 Å². The van der Waals surface area contributed by atoms with E-state index in [0.717, 1.165) is 12.8 Å². The Labute approximate surface area is 108 Å². The molecule has 0 saturated heterocycles.